The molecule has 0 unspecified atom stereocenters. The van der Waals surface area contributed by atoms with Crippen LogP contribution in [0.2, 0.25) is 0 Å². The van der Waals surface area contributed by atoms with Crippen LogP contribution in [0.5, 0.6) is 5.75 Å². The van der Waals surface area contributed by atoms with Crippen LogP contribution < -0.4 is 20.3 Å². The molecule has 28 heavy (non-hydrogen) atoms. The van der Waals surface area contributed by atoms with Gasteiger partial charge in [0, 0.05) is 36.1 Å². The zero-order valence-corrected chi connectivity index (χ0v) is 15.9. The van der Waals surface area contributed by atoms with E-state index in [1.54, 1.807) is 18.3 Å². The van der Waals surface area contributed by atoms with Crippen molar-refractivity contribution in [1.29, 1.82) is 0 Å². The van der Waals surface area contributed by atoms with Crippen LogP contribution >= 0.6 is 0 Å². The summed E-state index contributed by atoms with van der Waals surface area (Å²) in [6.45, 7) is 6.25. The molecule has 1 aromatic heterocycles. The van der Waals surface area contributed by atoms with Gasteiger partial charge in [-0.25, -0.2) is 4.98 Å². The maximum absolute atomic E-state index is 11.4. The van der Waals surface area contributed by atoms with E-state index in [4.69, 9.17) is 9.15 Å². The molecular weight excluding hydrogens is 356 g/mol. The molecule has 0 bridgehead atoms. The molecule has 0 saturated carbocycles. The van der Waals surface area contributed by atoms with Crippen molar-refractivity contribution in [3.05, 3.63) is 48.7 Å². The van der Waals surface area contributed by atoms with Crippen LogP contribution in [0.4, 0.5) is 23.1 Å². The first-order chi connectivity index (χ1) is 13.7. The van der Waals surface area contributed by atoms with E-state index in [1.165, 1.54) is 5.69 Å². The van der Waals surface area contributed by atoms with Gasteiger partial charge in [0.1, 0.15) is 5.75 Å². The van der Waals surface area contributed by atoms with Crippen molar-refractivity contribution in [1.82, 2.24) is 4.98 Å². The Bertz CT molecular complexity index is 978. The molecular formula is C21H22N4O3. The Hall–Kier alpha value is -3.48. The fourth-order valence-electron chi connectivity index (χ4n) is 3.17. The third-order valence-corrected chi connectivity index (χ3v) is 4.65. The van der Waals surface area contributed by atoms with Crippen LogP contribution in [0, 0.1) is 0 Å². The number of nitrogens with zero attached hydrogens (tertiary/aromatic N) is 2. The summed E-state index contributed by atoms with van der Waals surface area (Å²) in [5.41, 5.74) is 3.57. The first-order valence-corrected chi connectivity index (χ1v) is 9.31. The summed E-state index contributed by atoms with van der Waals surface area (Å²) in [5.74, 6) is 1.15. The third-order valence-electron chi connectivity index (χ3n) is 4.65. The highest BCUT2D eigenvalue weighted by Crippen LogP contribution is 2.32. The van der Waals surface area contributed by atoms with E-state index in [-0.39, 0.29) is 12.5 Å². The Balaban J connectivity index is 1.48. The van der Waals surface area contributed by atoms with Gasteiger partial charge in [0.2, 0.25) is 0 Å². The Labute approximate surface area is 163 Å². The van der Waals surface area contributed by atoms with Gasteiger partial charge in [-0.05, 0) is 50.2 Å². The molecule has 0 spiro atoms. The number of carbonyl (C=O) groups excluding carboxylic acids is 1. The molecule has 0 atom stereocenters. The summed E-state index contributed by atoms with van der Waals surface area (Å²) in [4.78, 5) is 17.9. The number of anilines is 4. The van der Waals surface area contributed by atoms with Gasteiger partial charge in [-0.1, -0.05) is 0 Å². The van der Waals surface area contributed by atoms with Crippen LogP contribution in [0.25, 0.3) is 11.3 Å². The molecule has 3 aromatic rings. The summed E-state index contributed by atoms with van der Waals surface area (Å²) in [7, 11) is 0. The second kappa shape index (κ2) is 7.64. The number of carbonyl (C=O) groups is 1. The van der Waals surface area contributed by atoms with Crippen molar-refractivity contribution in [2.24, 2.45) is 0 Å². The van der Waals surface area contributed by atoms with Crippen LogP contribution in [0.3, 0.4) is 0 Å². The lowest BCUT2D eigenvalue weighted by atomic mass is 10.1. The van der Waals surface area contributed by atoms with Crippen LogP contribution in [0.1, 0.15) is 13.8 Å². The topological polar surface area (TPSA) is 79.6 Å². The zero-order valence-electron chi connectivity index (χ0n) is 15.9. The van der Waals surface area contributed by atoms with E-state index in [2.05, 4.69) is 46.5 Å². The van der Waals surface area contributed by atoms with Gasteiger partial charge < -0.3 is 24.7 Å². The average Bonchev–Trinajstić information content (AvgIpc) is 3.18. The minimum absolute atomic E-state index is 0.0170. The Morgan fingerprint density at radius 1 is 1.14 bits per heavy atom. The number of ether oxygens (including phenoxy) is 1. The van der Waals surface area contributed by atoms with Gasteiger partial charge in [-0.15, -0.1) is 0 Å². The first-order valence-electron chi connectivity index (χ1n) is 9.31. The Morgan fingerprint density at radius 3 is 2.68 bits per heavy atom. The molecule has 1 aliphatic heterocycles. The second-order valence-electron chi connectivity index (χ2n) is 6.42. The number of fused-ring (bicyclic) bond motifs is 1. The minimum atomic E-state index is -0.155. The van der Waals surface area contributed by atoms with Gasteiger partial charge in [0.15, 0.2) is 12.4 Å². The molecule has 0 aliphatic carbocycles. The van der Waals surface area contributed by atoms with Crippen LogP contribution in [0.15, 0.2) is 53.1 Å². The van der Waals surface area contributed by atoms with Crippen LogP contribution in [-0.2, 0) is 4.79 Å². The molecule has 2 N–H and O–H groups in total. The Kier molecular flexibility index (Phi) is 4.89. The molecule has 7 nitrogen and oxygen atoms in total. The lowest BCUT2D eigenvalue weighted by Gasteiger charge is -2.20. The van der Waals surface area contributed by atoms with E-state index in [1.807, 2.05) is 18.2 Å². The number of oxazole rings is 1. The molecule has 0 saturated heterocycles. The molecule has 0 fully saturated rings. The lowest BCUT2D eigenvalue weighted by molar-refractivity contribution is -0.118. The van der Waals surface area contributed by atoms with Crippen molar-refractivity contribution in [3.8, 4) is 17.1 Å². The third kappa shape index (κ3) is 3.64. The number of nitrogens with one attached hydrogen (secondary N) is 2. The quantitative estimate of drug-likeness (QED) is 0.667. The standard InChI is InChI=1S/C21H22N4O3/c1-3-25(4-2)16-8-5-14(6-9-16)19-12-22-21(28-19)23-15-7-10-17-18(11-15)27-13-20(26)24-17/h5-12H,3-4,13H2,1-2H3,(H,22,23)(H,24,26). The van der Waals surface area contributed by atoms with Crippen molar-refractivity contribution in [3.63, 3.8) is 0 Å². The summed E-state index contributed by atoms with van der Waals surface area (Å²) in [5, 5.41) is 5.89. The van der Waals surface area contributed by atoms with Crippen LogP contribution in [-0.4, -0.2) is 30.6 Å². The zero-order chi connectivity index (χ0) is 19.5. The van der Waals surface area contributed by atoms with E-state index in [0.717, 1.165) is 24.3 Å². The minimum Gasteiger partial charge on any atom is -0.482 e. The van der Waals surface area contributed by atoms with Gasteiger partial charge >= 0.3 is 0 Å². The fraction of sp³-hybridized carbons (Fsp3) is 0.238. The van der Waals surface area contributed by atoms with E-state index in [0.29, 0.717) is 23.2 Å². The maximum Gasteiger partial charge on any atom is 0.299 e. The molecule has 1 aliphatic rings. The number of benzene rings is 2. The number of aromatic nitrogens is 1. The summed E-state index contributed by atoms with van der Waals surface area (Å²) in [6, 6.07) is 14.1. The first kappa shape index (κ1) is 17.9. The molecule has 2 aromatic carbocycles. The second-order valence-corrected chi connectivity index (χ2v) is 6.42. The number of rotatable bonds is 6. The normalized spacial score (nSPS) is 12.7. The van der Waals surface area contributed by atoms with Gasteiger partial charge in [-0.3, -0.25) is 4.79 Å². The summed E-state index contributed by atoms with van der Waals surface area (Å²) < 4.78 is 11.3. The molecule has 2 heterocycles. The van der Waals surface area contributed by atoms with E-state index < -0.39 is 0 Å². The van der Waals surface area contributed by atoms with Gasteiger partial charge in [-0.2, -0.15) is 0 Å². The number of hydrogen-bond donors (Lipinski definition) is 2. The maximum atomic E-state index is 11.4. The summed E-state index contributed by atoms with van der Waals surface area (Å²) >= 11 is 0. The SMILES string of the molecule is CCN(CC)c1ccc(-c2cnc(Nc3ccc4c(c3)OCC(=O)N4)o2)cc1. The lowest BCUT2D eigenvalue weighted by Crippen LogP contribution is -2.25. The van der Waals surface area contributed by atoms with Crippen molar-refractivity contribution >= 4 is 29.0 Å². The predicted molar refractivity (Wildman–Crippen MR) is 109 cm³/mol. The van der Waals surface area contributed by atoms with Gasteiger partial charge in [0.25, 0.3) is 11.9 Å². The monoisotopic (exact) mass is 378 g/mol. The summed E-state index contributed by atoms with van der Waals surface area (Å²) in [6.07, 6.45) is 1.70. The molecule has 144 valence electrons. The number of hydrogen-bond acceptors (Lipinski definition) is 6. The fourth-order valence-corrected chi connectivity index (χ4v) is 3.17. The van der Waals surface area contributed by atoms with E-state index in [9.17, 15) is 4.79 Å². The molecule has 1 amide bonds. The predicted octanol–water partition coefficient (Wildman–Crippen LogP) is 4.26. The largest absolute Gasteiger partial charge is 0.482 e. The highest BCUT2D eigenvalue weighted by molar-refractivity contribution is 5.95. The molecule has 7 heteroatoms. The highest BCUT2D eigenvalue weighted by Gasteiger charge is 2.16. The van der Waals surface area contributed by atoms with E-state index >= 15 is 0 Å². The Morgan fingerprint density at radius 2 is 1.93 bits per heavy atom. The van der Waals surface area contributed by atoms with Crippen molar-refractivity contribution in [2.45, 2.75) is 13.8 Å². The van der Waals surface area contributed by atoms with Gasteiger partial charge in [0.05, 0.1) is 11.9 Å². The highest BCUT2D eigenvalue weighted by atomic mass is 16.5. The smallest absolute Gasteiger partial charge is 0.299 e. The average molecular weight is 378 g/mol. The molecule has 4 rings (SSSR count). The van der Waals surface area contributed by atoms with Crippen molar-refractivity contribution in [2.75, 3.05) is 35.2 Å². The number of amides is 1. The molecule has 0 radical (unpaired) electrons. The van der Waals surface area contributed by atoms with Crippen molar-refractivity contribution < 1.29 is 13.9 Å².